The monoisotopic (exact) mass is 355 g/mol. The van der Waals surface area contributed by atoms with Crippen LogP contribution in [0.3, 0.4) is 0 Å². The standard InChI is InChI=1S/C17H17N5O2S/c23-25(24,15-7-5-14(6-8-15)13-3-1-2-4-13)22-12-20-17(21-22)16-11-18-9-10-19-16/h5-13H,1-4H2. The second-order valence-corrected chi connectivity index (χ2v) is 7.88. The summed E-state index contributed by atoms with van der Waals surface area (Å²) in [5, 5.41) is 4.04. The predicted octanol–water partition coefficient (Wildman–Crippen LogP) is 2.63. The first kappa shape index (κ1) is 15.9. The fraction of sp³-hybridized carbons (Fsp3) is 0.294. The SMILES string of the molecule is O=S(=O)(c1ccc(C2CCCC2)cc1)n1cnc(-c2cnccn2)n1. The molecule has 3 aromatic rings. The van der Waals surface area contributed by atoms with Crippen LogP contribution < -0.4 is 0 Å². The molecule has 7 nitrogen and oxygen atoms in total. The summed E-state index contributed by atoms with van der Waals surface area (Å²) in [7, 11) is -3.77. The van der Waals surface area contributed by atoms with E-state index in [4.69, 9.17) is 0 Å². The molecule has 2 heterocycles. The highest BCUT2D eigenvalue weighted by atomic mass is 32.2. The van der Waals surface area contributed by atoms with Gasteiger partial charge in [-0.3, -0.25) is 4.98 Å². The zero-order valence-corrected chi connectivity index (χ0v) is 14.3. The van der Waals surface area contributed by atoms with E-state index < -0.39 is 10.0 Å². The lowest BCUT2D eigenvalue weighted by Gasteiger charge is -2.10. The Morgan fingerprint density at radius 1 is 1.00 bits per heavy atom. The first-order chi connectivity index (χ1) is 12.1. The Balaban J connectivity index is 1.62. The lowest BCUT2D eigenvalue weighted by atomic mass is 9.98. The lowest BCUT2D eigenvalue weighted by Crippen LogP contribution is -2.14. The zero-order valence-electron chi connectivity index (χ0n) is 13.5. The van der Waals surface area contributed by atoms with E-state index in [2.05, 4.69) is 20.1 Å². The van der Waals surface area contributed by atoms with E-state index in [1.807, 2.05) is 12.1 Å². The molecule has 0 amide bonds. The topological polar surface area (TPSA) is 90.6 Å². The van der Waals surface area contributed by atoms with Gasteiger partial charge in [-0.1, -0.05) is 25.0 Å². The summed E-state index contributed by atoms with van der Waals surface area (Å²) < 4.78 is 26.3. The van der Waals surface area contributed by atoms with E-state index in [0.717, 1.165) is 4.09 Å². The molecule has 1 saturated carbocycles. The van der Waals surface area contributed by atoms with E-state index in [9.17, 15) is 8.42 Å². The molecule has 25 heavy (non-hydrogen) atoms. The van der Waals surface area contributed by atoms with E-state index in [0.29, 0.717) is 11.6 Å². The summed E-state index contributed by atoms with van der Waals surface area (Å²) in [6, 6.07) is 7.10. The number of benzene rings is 1. The number of hydrogen-bond acceptors (Lipinski definition) is 6. The van der Waals surface area contributed by atoms with Gasteiger partial charge in [0.25, 0.3) is 10.0 Å². The van der Waals surface area contributed by atoms with Gasteiger partial charge in [0, 0.05) is 12.4 Å². The quantitative estimate of drug-likeness (QED) is 0.714. The number of nitrogens with zero attached hydrogens (tertiary/aromatic N) is 5. The molecule has 1 aliphatic carbocycles. The molecule has 128 valence electrons. The Hall–Kier alpha value is -2.61. The second-order valence-electron chi connectivity index (χ2n) is 6.09. The second kappa shape index (κ2) is 6.36. The van der Waals surface area contributed by atoms with Gasteiger partial charge in [-0.15, -0.1) is 9.19 Å². The van der Waals surface area contributed by atoms with E-state index in [1.165, 1.54) is 56.2 Å². The van der Waals surface area contributed by atoms with Crippen LogP contribution in [-0.2, 0) is 10.0 Å². The van der Waals surface area contributed by atoms with Gasteiger partial charge in [0.05, 0.1) is 11.1 Å². The van der Waals surface area contributed by atoms with Crippen LogP contribution in [0.25, 0.3) is 11.5 Å². The van der Waals surface area contributed by atoms with Crippen molar-refractivity contribution in [2.24, 2.45) is 0 Å². The van der Waals surface area contributed by atoms with Crippen LogP contribution in [0.1, 0.15) is 37.2 Å². The Labute approximate surface area is 145 Å². The summed E-state index contributed by atoms with van der Waals surface area (Å²) >= 11 is 0. The Bertz CT molecular complexity index is 962. The van der Waals surface area contributed by atoms with Crippen molar-refractivity contribution in [2.75, 3.05) is 0 Å². The maximum absolute atomic E-state index is 12.7. The van der Waals surface area contributed by atoms with Gasteiger partial charge in [-0.05, 0) is 36.5 Å². The van der Waals surface area contributed by atoms with Crippen molar-refractivity contribution in [1.29, 1.82) is 0 Å². The summed E-state index contributed by atoms with van der Waals surface area (Å²) in [4.78, 5) is 12.2. The number of hydrogen-bond donors (Lipinski definition) is 0. The molecule has 1 fully saturated rings. The molecule has 0 unspecified atom stereocenters. The highest BCUT2D eigenvalue weighted by Gasteiger charge is 2.21. The third-order valence-electron chi connectivity index (χ3n) is 4.52. The van der Waals surface area contributed by atoms with Gasteiger partial charge in [0.2, 0.25) is 5.82 Å². The van der Waals surface area contributed by atoms with Crippen LogP contribution in [0, 0.1) is 0 Å². The summed E-state index contributed by atoms with van der Waals surface area (Å²) in [5.41, 5.74) is 1.63. The van der Waals surface area contributed by atoms with Crippen molar-refractivity contribution in [2.45, 2.75) is 36.5 Å². The molecule has 2 aromatic heterocycles. The fourth-order valence-electron chi connectivity index (χ4n) is 3.18. The molecule has 0 bridgehead atoms. The molecule has 0 aliphatic heterocycles. The molecule has 0 N–H and O–H groups in total. The van der Waals surface area contributed by atoms with Gasteiger partial charge in [-0.25, -0.2) is 9.97 Å². The van der Waals surface area contributed by atoms with Gasteiger partial charge in [-0.2, -0.15) is 8.42 Å². The minimum absolute atomic E-state index is 0.199. The average Bonchev–Trinajstić information content (AvgIpc) is 3.35. The van der Waals surface area contributed by atoms with Gasteiger partial charge in [0.1, 0.15) is 12.0 Å². The predicted molar refractivity (Wildman–Crippen MR) is 91.3 cm³/mol. The minimum Gasteiger partial charge on any atom is -0.261 e. The van der Waals surface area contributed by atoms with E-state index >= 15 is 0 Å². The maximum atomic E-state index is 12.7. The van der Waals surface area contributed by atoms with Crippen LogP contribution in [0.5, 0.6) is 0 Å². The molecule has 0 saturated heterocycles. The highest BCUT2D eigenvalue weighted by Crippen LogP contribution is 2.34. The summed E-state index contributed by atoms with van der Waals surface area (Å²) in [5.74, 6) is 0.769. The van der Waals surface area contributed by atoms with Crippen LogP contribution in [0.15, 0.2) is 54.1 Å². The summed E-state index contributed by atoms with van der Waals surface area (Å²) in [6.45, 7) is 0. The van der Waals surface area contributed by atoms with Crippen LogP contribution in [-0.4, -0.2) is 32.6 Å². The molecule has 1 aliphatic rings. The summed E-state index contributed by atoms with van der Waals surface area (Å²) in [6.07, 6.45) is 10.6. The van der Waals surface area contributed by atoms with Crippen molar-refractivity contribution in [1.82, 2.24) is 24.1 Å². The molecule has 8 heteroatoms. The van der Waals surface area contributed by atoms with Crippen LogP contribution in [0.2, 0.25) is 0 Å². The number of rotatable bonds is 4. The normalized spacial score (nSPS) is 15.5. The van der Waals surface area contributed by atoms with Gasteiger partial charge >= 0.3 is 0 Å². The average molecular weight is 355 g/mol. The molecule has 0 atom stereocenters. The van der Waals surface area contributed by atoms with Crippen molar-refractivity contribution >= 4 is 10.0 Å². The first-order valence-electron chi connectivity index (χ1n) is 8.18. The molecule has 0 radical (unpaired) electrons. The lowest BCUT2D eigenvalue weighted by molar-refractivity contribution is 0.580. The van der Waals surface area contributed by atoms with Crippen molar-refractivity contribution in [3.63, 3.8) is 0 Å². The van der Waals surface area contributed by atoms with Crippen molar-refractivity contribution in [3.05, 3.63) is 54.7 Å². The van der Waals surface area contributed by atoms with Gasteiger partial charge < -0.3 is 0 Å². The third kappa shape index (κ3) is 3.05. The van der Waals surface area contributed by atoms with Crippen molar-refractivity contribution in [3.8, 4) is 11.5 Å². The van der Waals surface area contributed by atoms with Crippen molar-refractivity contribution < 1.29 is 8.42 Å². The molecule has 1 aromatic carbocycles. The maximum Gasteiger partial charge on any atom is 0.284 e. The van der Waals surface area contributed by atoms with E-state index in [-0.39, 0.29) is 10.7 Å². The zero-order chi connectivity index (χ0) is 17.3. The number of aromatic nitrogens is 5. The largest absolute Gasteiger partial charge is 0.284 e. The highest BCUT2D eigenvalue weighted by molar-refractivity contribution is 7.89. The van der Waals surface area contributed by atoms with Crippen LogP contribution >= 0.6 is 0 Å². The Morgan fingerprint density at radius 3 is 2.44 bits per heavy atom. The van der Waals surface area contributed by atoms with Crippen LogP contribution in [0.4, 0.5) is 0 Å². The molecule has 0 spiro atoms. The Morgan fingerprint density at radius 2 is 1.76 bits per heavy atom. The smallest absolute Gasteiger partial charge is 0.261 e. The third-order valence-corrected chi connectivity index (χ3v) is 6.05. The van der Waals surface area contributed by atoms with E-state index in [1.54, 1.807) is 12.1 Å². The first-order valence-corrected chi connectivity index (χ1v) is 9.62. The fourth-order valence-corrected chi connectivity index (χ4v) is 4.23. The molecule has 4 rings (SSSR count). The molecular weight excluding hydrogens is 338 g/mol. The van der Waals surface area contributed by atoms with Gasteiger partial charge in [0.15, 0.2) is 0 Å². The molecular formula is C17H17N5O2S. The minimum atomic E-state index is -3.77. The Kier molecular flexibility index (Phi) is 4.04.